The predicted octanol–water partition coefficient (Wildman–Crippen LogP) is 5.52. The van der Waals surface area contributed by atoms with E-state index >= 15 is 0 Å². The van der Waals surface area contributed by atoms with Gasteiger partial charge in [-0.3, -0.25) is 0 Å². The largest absolute Gasteiger partial charge is 0.309 e. The lowest BCUT2D eigenvalue weighted by Gasteiger charge is -2.20. The van der Waals surface area contributed by atoms with E-state index in [-0.39, 0.29) is 5.82 Å². The van der Waals surface area contributed by atoms with Crippen molar-refractivity contribution in [1.29, 1.82) is 0 Å². The van der Waals surface area contributed by atoms with Gasteiger partial charge in [-0.2, -0.15) is 0 Å². The van der Waals surface area contributed by atoms with Gasteiger partial charge in [0.2, 0.25) is 0 Å². The van der Waals surface area contributed by atoms with E-state index in [1.165, 1.54) is 11.3 Å². The number of nitrogens with one attached hydrogen (secondary N) is 1. The molecule has 20 heavy (non-hydrogen) atoms. The molecule has 1 N–H and O–H groups in total. The molecule has 0 aliphatic carbocycles. The summed E-state index contributed by atoms with van der Waals surface area (Å²) in [5, 5.41) is 4.79. The lowest BCUT2D eigenvalue weighted by atomic mass is 9.98. The average Bonchev–Trinajstić information content (AvgIpc) is 2.85. The highest BCUT2D eigenvalue weighted by molar-refractivity contribution is 7.19. The van der Waals surface area contributed by atoms with Crippen molar-refractivity contribution in [1.82, 2.24) is 5.32 Å². The summed E-state index contributed by atoms with van der Waals surface area (Å²) >= 11 is 1.72. The van der Waals surface area contributed by atoms with Gasteiger partial charge in [0.05, 0.1) is 0 Å². The van der Waals surface area contributed by atoms with E-state index in [4.69, 9.17) is 0 Å². The van der Waals surface area contributed by atoms with Crippen molar-refractivity contribution in [3.63, 3.8) is 0 Å². The van der Waals surface area contributed by atoms with Gasteiger partial charge in [-0.1, -0.05) is 33.3 Å². The summed E-state index contributed by atoms with van der Waals surface area (Å²) in [6, 6.07) is 7.68. The Hall–Kier alpha value is -0.930. The van der Waals surface area contributed by atoms with Crippen LogP contribution in [0.4, 0.5) is 4.39 Å². The third kappa shape index (κ3) is 3.80. The lowest BCUT2D eigenvalue weighted by molar-refractivity contribution is 0.406. The molecule has 2 atom stereocenters. The highest BCUT2D eigenvalue weighted by Crippen LogP contribution is 2.33. The fraction of sp³-hybridized carbons (Fsp3) is 0.529. The third-order valence-corrected chi connectivity index (χ3v) is 5.03. The first-order valence-corrected chi connectivity index (χ1v) is 8.38. The molecule has 0 radical (unpaired) electrons. The SMILES string of the molecule is CCCNC(CC(C)CC)c1cc2ccc(F)cc2s1. The van der Waals surface area contributed by atoms with Gasteiger partial charge in [0.15, 0.2) is 0 Å². The molecule has 0 aliphatic heterocycles. The zero-order chi connectivity index (χ0) is 14.5. The van der Waals surface area contributed by atoms with Gasteiger partial charge in [0, 0.05) is 15.6 Å². The molecule has 1 aromatic carbocycles. The van der Waals surface area contributed by atoms with Crippen LogP contribution in [0.25, 0.3) is 10.1 Å². The maximum absolute atomic E-state index is 13.3. The van der Waals surface area contributed by atoms with Gasteiger partial charge in [0.25, 0.3) is 0 Å². The van der Waals surface area contributed by atoms with Crippen LogP contribution in [-0.4, -0.2) is 6.54 Å². The minimum absolute atomic E-state index is 0.147. The normalized spacial score (nSPS) is 14.6. The lowest BCUT2D eigenvalue weighted by Crippen LogP contribution is -2.23. The molecule has 0 spiro atoms. The molecule has 2 rings (SSSR count). The van der Waals surface area contributed by atoms with Crippen LogP contribution < -0.4 is 5.32 Å². The van der Waals surface area contributed by atoms with Crippen molar-refractivity contribution < 1.29 is 4.39 Å². The number of fused-ring (bicyclic) bond motifs is 1. The maximum Gasteiger partial charge on any atom is 0.124 e. The summed E-state index contributed by atoms with van der Waals surface area (Å²) < 4.78 is 14.4. The molecule has 2 unspecified atom stereocenters. The van der Waals surface area contributed by atoms with Crippen LogP contribution in [-0.2, 0) is 0 Å². The molecular formula is C17H24FNS. The van der Waals surface area contributed by atoms with Crippen molar-refractivity contribution in [3.05, 3.63) is 35.0 Å². The molecule has 0 bridgehead atoms. The molecule has 0 aliphatic rings. The quantitative estimate of drug-likeness (QED) is 0.709. The first-order valence-electron chi connectivity index (χ1n) is 7.56. The fourth-order valence-corrected chi connectivity index (χ4v) is 3.56. The number of hydrogen-bond donors (Lipinski definition) is 1. The van der Waals surface area contributed by atoms with Gasteiger partial charge in [-0.05, 0) is 48.9 Å². The number of rotatable bonds is 7. The molecule has 1 aromatic heterocycles. The second-order valence-electron chi connectivity index (χ2n) is 5.59. The highest BCUT2D eigenvalue weighted by atomic mass is 32.1. The number of hydrogen-bond acceptors (Lipinski definition) is 2. The van der Waals surface area contributed by atoms with E-state index in [0.717, 1.165) is 29.5 Å². The van der Waals surface area contributed by atoms with Crippen LogP contribution in [0.5, 0.6) is 0 Å². The Kier molecular flexibility index (Phi) is 5.55. The molecule has 0 amide bonds. The first-order chi connectivity index (χ1) is 9.63. The zero-order valence-corrected chi connectivity index (χ0v) is 13.4. The zero-order valence-electron chi connectivity index (χ0n) is 12.6. The second kappa shape index (κ2) is 7.19. The van der Waals surface area contributed by atoms with Gasteiger partial charge >= 0.3 is 0 Å². The Balaban J connectivity index is 2.24. The van der Waals surface area contributed by atoms with Crippen LogP contribution >= 0.6 is 11.3 Å². The van der Waals surface area contributed by atoms with Crippen LogP contribution in [0.3, 0.4) is 0 Å². The monoisotopic (exact) mass is 293 g/mol. The number of thiophene rings is 1. The summed E-state index contributed by atoms with van der Waals surface area (Å²) in [6.07, 6.45) is 3.48. The van der Waals surface area contributed by atoms with E-state index in [9.17, 15) is 4.39 Å². The Morgan fingerprint density at radius 2 is 2.05 bits per heavy atom. The molecule has 0 saturated carbocycles. The van der Waals surface area contributed by atoms with Crippen molar-refractivity contribution in [3.8, 4) is 0 Å². The summed E-state index contributed by atoms with van der Waals surface area (Å²) in [5.74, 6) is 0.553. The fourth-order valence-electron chi connectivity index (χ4n) is 2.38. The molecule has 2 aromatic rings. The van der Waals surface area contributed by atoms with Crippen molar-refractivity contribution in [2.75, 3.05) is 6.54 Å². The van der Waals surface area contributed by atoms with E-state index in [1.54, 1.807) is 23.5 Å². The van der Waals surface area contributed by atoms with Crippen molar-refractivity contribution >= 4 is 21.4 Å². The molecule has 0 fully saturated rings. The Bertz CT molecular complexity index is 549. The summed E-state index contributed by atoms with van der Waals surface area (Å²) in [4.78, 5) is 1.33. The Morgan fingerprint density at radius 3 is 2.75 bits per heavy atom. The molecule has 1 heterocycles. The molecule has 110 valence electrons. The van der Waals surface area contributed by atoms with E-state index in [0.29, 0.717) is 12.0 Å². The summed E-state index contributed by atoms with van der Waals surface area (Å²) in [6.45, 7) is 7.76. The van der Waals surface area contributed by atoms with E-state index in [1.807, 2.05) is 6.07 Å². The molecule has 3 heteroatoms. The minimum Gasteiger partial charge on any atom is -0.309 e. The third-order valence-electron chi connectivity index (χ3n) is 3.82. The minimum atomic E-state index is -0.147. The van der Waals surface area contributed by atoms with Gasteiger partial charge in [0.1, 0.15) is 5.82 Å². The number of benzene rings is 1. The van der Waals surface area contributed by atoms with E-state index < -0.39 is 0 Å². The average molecular weight is 293 g/mol. The predicted molar refractivity (Wildman–Crippen MR) is 86.9 cm³/mol. The topological polar surface area (TPSA) is 12.0 Å². The van der Waals surface area contributed by atoms with Crippen LogP contribution in [0, 0.1) is 11.7 Å². The summed E-state index contributed by atoms with van der Waals surface area (Å²) in [5.41, 5.74) is 0. The highest BCUT2D eigenvalue weighted by Gasteiger charge is 2.16. The van der Waals surface area contributed by atoms with E-state index in [2.05, 4.69) is 32.2 Å². The first kappa shape index (κ1) is 15.5. The summed E-state index contributed by atoms with van der Waals surface area (Å²) in [7, 11) is 0. The molecular weight excluding hydrogens is 269 g/mol. The molecule has 1 nitrogen and oxygen atoms in total. The van der Waals surface area contributed by atoms with Crippen LogP contribution in [0.2, 0.25) is 0 Å². The standard InChI is InChI=1S/C17H24FNS/c1-4-8-19-15(9-12(3)5-2)17-10-13-6-7-14(18)11-16(13)20-17/h6-7,10-12,15,19H,4-5,8-9H2,1-3H3. The van der Waals surface area contributed by atoms with Crippen molar-refractivity contribution in [2.45, 2.75) is 46.1 Å². The number of halogens is 1. The Labute approximate surface area is 125 Å². The maximum atomic E-state index is 13.3. The van der Waals surface area contributed by atoms with Crippen LogP contribution in [0.1, 0.15) is 51.0 Å². The molecule has 0 saturated heterocycles. The van der Waals surface area contributed by atoms with Crippen molar-refractivity contribution in [2.24, 2.45) is 5.92 Å². The van der Waals surface area contributed by atoms with Gasteiger partial charge < -0.3 is 5.32 Å². The van der Waals surface area contributed by atoms with Gasteiger partial charge in [-0.15, -0.1) is 11.3 Å². The smallest absolute Gasteiger partial charge is 0.124 e. The Morgan fingerprint density at radius 1 is 1.25 bits per heavy atom. The van der Waals surface area contributed by atoms with Crippen LogP contribution in [0.15, 0.2) is 24.3 Å². The van der Waals surface area contributed by atoms with Gasteiger partial charge in [-0.25, -0.2) is 4.39 Å². The second-order valence-corrected chi connectivity index (χ2v) is 6.70.